The number of amides is 2. The lowest BCUT2D eigenvalue weighted by Crippen LogP contribution is -2.32. The molecule has 0 bridgehead atoms. The highest BCUT2D eigenvalue weighted by Gasteiger charge is 2.17. The van der Waals surface area contributed by atoms with Crippen molar-refractivity contribution in [3.05, 3.63) is 93.4 Å². The van der Waals surface area contributed by atoms with Gasteiger partial charge in [-0.05, 0) is 42.0 Å². The second-order valence-electron chi connectivity index (χ2n) is 6.62. The summed E-state index contributed by atoms with van der Waals surface area (Å²) in [6.07, 6.45) is 2.55. The third-order valence-electron chi connectivity index (χ3n) is 4.39. The number of fused-ring (bicyclic) bond motifs is 1. The summed E-state index contributed by atoms with van der Waals surface area (Å²) in [5.41, 5.74) is 3.10. The van der Waals surface area contributed by atoms with Gasteiger partial charge in [0.2, 0.25) is 6.79 Å². The average molecular weight is 448 g/mol. The number of ether oxygens (including phenoxy) is 2. The molecule has 4 rings (SSSR count). The first kappa shape index (κ1) is 21.3. The predicted octanol–water partition coefficient (Wildman–Crippen LogP) is 2.84. The monoisotopic (exact) mass is 448 g/mol. The van der Waals surface area contributed by atoms with Crippen LogP contribution in [0.5, 0.6) is 11.5 Å². The Kier molecular flexibility index (Phi) is 6.12. The number of carbonyl (C=O) groups excluding carboxylic acids is 2. The molecule has 2 N–H and O–H groups in total. The summed E-state index contributed by atoms with van der Waals surface area (Å²) in [5, 5.41) is 17.0. The Morgan fingerprint density at radius 1 is 1.03 bits per heavy atom. The van der Waals surface area contributed by atoms with Crippen LogP contribution in [0.15, 0.2) is 75.9 Å². The van der Waals surface area contributed by atoms with Crippen LogP contribution in [-0.4, -0.2) is 29.7 Å². The first-order valence-electron chi connectivity index (χ1n) is 9.55. The summed E-state index contributed by atoms with van der Waals surface area (Å²) < 4.78 is 15.6. The molecule has 0 atom stereocenters. The van der Waals surface area contributed by atoms with Crippen molar-refractivity contribution >= 4 is 30.0 Å². The number of hydrazone groups is 1. The lowest BCUT2D eigenvalue weighted by atomic mass is 10.1. The summed E-state index contributed by atoms with van der Waals surface area (Å²) in [5.74, 6) is -0.533. The summed E-state index contributed by atoms with van der Waals surface area (Å²) in [6, 6.07) is 15.9. The van der Waals surface area contributed by atoms with Crippen LogP contribution in [0.1, 0.15) is 21.7 Å². The molecule has 3 aromatic rings. The van der Waals surface area contributed by atoms with E-state index in [9.17, 15) is 19.7 Å². The van der Waals surface area contributed by atoms with E-state index in [1.807, 2.05) is 0 Å². The van der Waals surface area contributed by atoms with Gasteiger partial charge in [0.25, 0.3) is 11.8 Å². The van der Waals surface area contributed by atoms with Crippen LogP contribution < -0.4 is 20.2 Å². The topological polar surface area (TPSA) is 145 Å². The Hall–Kier alpha value is -4.93. The second kappa shape index (κ2) is 9.47. The summed E-state index contributed by atoms with van der Waals surface area (Å²) >= 11 is 0. The lowest BCUT2D eigenvalue weighted by Gasteiger charge is -2.09. The van der Waals surface area contributed by atoms with Crippen molar-refractivity contribution < 1.29 is 28.4 Å². The minimum Gasteiger partial charge on any atom is -0.454 e. The molecule has 1 aromatic heterocycles. The molecule has 0 aliphatic carbocycles. The molecular weight excluding hydrogens is 432 g/mol. The highest BCUT2D eigenvalue weighted by molar-refractivity contribution is 6.05. The Bertz CT molecular complexity index is 1260. The molecule has 0 saturated carbocycles. The number of nitrogens with zero attached hydrogens (tertiary/aromatic N) is 2. The Labute approximate surface area is 186 Å². The van der Waals surface area contributed by atoms with E-state index < -0.39 is 22.6 Å². The van der Waals surface area contributed by atoms with Crippen LogP contribution in [-0.2, 0) is 4.79 Å². The number of rotatable bonds is 7. The van der Waals surface area contributed by atoms with Crippen molar-refractivity contribution in [3.8, 4) is 11.5 Å². The van der Waals surface area contributed by atoms with E-state index in [0.717, 1.165) is 12.3 Å². The number of hydrogen-bond donors (Lipinski definition) is 2. The Morgan fingerprint density at radius 3 is 2.58 bits per heavy atom. The molecule has 11 heteroatoms. The van der Waals surface area contributed by atoms with E-state index in [2.05, 4.69) is 15.8 Å². The molecule has 2 aromatic carbocycles. The quantitative estimate of drug-likeness (QED) is 0.245. The molecule has 166 valence electrons. The van der Waals surface area contributed by atoms with Gasteiger partial charge in [0.05, 0.1) is 12.3 Å². The predicted molar refractivity (Wildman–Crippen MR) is 116 cm³/mol. The highest BCUT2D eigenvalue weighted by Crippen LogP contribution is 2.33. The van der Waals surface area contributed by atoms with Crippen molar-refractivity contribution in [2.24, 2.45) is 5.10 Å². The van der Waals surface area contributed by atoms with E-state index in [0.29, 0.717) is 22.6 Å². The minimum absolute atomic E-state index is 0.0663. The SMILES string of the molecule is O=C(N/N=C/c1ccc([N+](=O)[O-])o1)/C(=C\c1ccc2c(c1)OCO2)NC(=O)c1ccccc1. The van der Waals surface area contributed by atoms with Crippen LogP contribution in [0.25, 0.3) is 6.08 Å². The van der Waals surface area contributed by atoms with Gasteiger partial charge in [-0.1, -0.05) is 24.3 Å². The molecule has 0 fully saturated rings. The number of nitro groups is 1. The third-order valence-corrected chi connectivity index (χ3v) is 4.39. The fourth-order valence-electron chi connectivity index (χ4n) is 2.84. The van der Waals surface area contributed by atoms with E-state index in [-0.39, 0.29) is 18.3 Å². The molecule has 33 heavy (non-hydrogen) atoms. The van der Waals surface area contributed by atoms with E-state index >= 15 is 0 Å². The van der Waals surface area contributed by atoms with Crippen LogP contribution >= 0.6 is 0 Å². The van der Waals surface area contributed by atoms with E-state index in [1.165, 1.54) is 12.1 Å². The van der Waals surface area contributed by atoms with Crippen molar-refractivity contribution in [3.63, 3.8) is 0 Å². The largest absolute Gasteiger partial charge is 0.454 e. The molecule has 2 amide bonds. The molecule has 0 radical (unpaired) electrons. The number of nitrogens with one attached hydrogen (secondary N) is 2. The Balaban J connectivity index is 1.54. The average Bonchev–Trinajstić information content (AvgIpc) is 3.48. The highest BCUT2D eigenvalue weighted by atomic mass is 16.7. The molecule has 1 aliphatic heterocycles. The molecule has 0 unspecified atom stereocenters. The summed E-state index contributed by atoms with van der Waals surface area (Å²) in [6.45, 7) is 0.0975. The van der Waals surface area contributed by atoms with Gasteiger partial charge < -0.3 is 19.2 Å². The maximum atomic E-state index is 12.7. The summed E-state index contributed by atoms with van der Waals surface area (Å²) in [7, 11) is 0. The van der Waals surface area contributed by atoms with Crippen LogP contribution in [0.4, 0.5) is 5.88 Å². The maximum absolute atomic E-state index is 12.7. The van der Waals surface area contributed by atoms with Crippen LogP contribution in [0, 0.1) is 10.1 Å². The smallest absolute Gasteiger partial charge is 0.433 e. The standard InChI is InChI=1S/C22H16N4O7/c27-21(15-4-2-1-3-5-15)24-17(10-14-6-8-18-19(11-14)32-13-31-18)22(28)25-23-12-16-7-9-20(33-16)26(29)30/h1-12H,13H2,(H,24,27)(H,25,28)/b17-10+,23-12+. The Morgan fingerprint density at radius 2 is 1.82 bits per heavy atom. The van der Waals surface area contributed by atoms with Gasteiger partial charge in [-0.25, -0.2) is 5.43 Å². The first-order valence-corrected chi connectivity index (χ1v) is 9.55. The van der Waals surface area contributed by atoms with Crippen LogP contribution in [0.2, 0.25) is 0 Å². The van der Waals surface area contributed by atoms with Crippen molar-refractivity contribution in [2.45, 2.75) is 0 Å². The van der Waals surface area contributed by atoms with Crippen molar-refractivity contribution in [2.75, 3.05) is 6.79 Å². The van der Waals surface area contributed by atoms with Gasteiger partial charge in [-0.2, -0.15) is 5.10 Å². The molecular formula is C22H16N4O7. The number of furan rings is 1. The van der Waals surface area contributed by atoms with Gasteiger partial charge in [0, 0.05) is 5.56 Å². The number of hydrogen-bond acceptors (Lipinski definition) is 8. The zero-order chi connectivity index (χ0) is 23.2. The molecule has 1 aliphatic rings. The normalized spacial score (nSPS) is 12.5. The molecule has 0 saturated heterocycles. The number of benzene rings is 2. The molecule has 2 heterocycles. The maximum Gasteiger partial charge on any atom is 0.433 e. The fraction of sp³-hybridized carbons (Fsp3) is 0.0455. The molecule has 0 spiro atoms. The fourth-order valence-corrected chi connectivity index (χ4v) is 2.84. The van der Waals surface area contributed by atoms with E-state index in [1.54, 1.807) is 48.5 Å². The first-order chi connectivity index (χ1) is 16.0. The van der Waals surface area contributed by atoms with Crippen molar-refractivity contribution in [1.82, 2.24) is 10.7 Å². The lowest BCUT2D eigenvalue weighted by molar-refractivity contribution is -0.402. The van der Waals surface area contributed by atoms with Gasteiger partial charge in [0.15, 0.2) is 17.3 Å². The van der Waals surface area contributed by atoms with Gasteiger partial charge in [0.1, 0.15) is 10.6 Å². The van der Waals surface area contributed by atoms with Crippen LogP contribution in [0.3, 0.4) is 0 Å². The van der Waals surface area contributed by atoms with Gasteiger partial charge in [-0.15, -0.1) is 0 Å². The minimum atomic E-state index is -0.728. The second-order valence-corrected chi connectivity index (χ2v) is 6.62. The number of carbonyl (C=O) groups is 2. The van der Waals surface area contributed by atoms with E-state index in [4.69, 9.17) is 13.9 Å². The molecule has 11 nitrogen and oxygen atoms in total. The van der Waals surface area contributed by atoms with Gasteiger partial charge >= 0.3 is 5.88 Å². The van der Waals surface area contributed by atoms with Gasteiger partial charge in [-0.3, -0.25) is 19.7 Å². The zero-order valence-electron chi connectivity index (χ0n) is 16.9. The summed E-state index contributed by atoms with van der Waals surface area (Å²) in [4.78, 5) is 35.3. The third kappa shape index (κ3) is 5.22. The zero-order valence-corrected chi connectivity index (χ0v) is 16.9. The van der Waals surface area contributed by atoms with Crippen molar-refractivity contribution in [1.29, 1.82) is 0 Å².